The Labute approximate surface area is 190 Å². The van der Waals surface area contributed by atoms with E-state index in [0.29, 0.717) is 17.1 Å². The zero-order chi connectivity index (χ0) is 23.3. The highest BCUT2D eigenvalue weighted by molar-refractivity contribution is 7.98. The molecule has 0 saturated heterocycles. The number of carbonyl (C=O) groups is 2. The van der Waals surface area contributed by atoms with Crippen LogP contribution < -0.4 is 10.1 Å². The minimum absolute atomic E-state index is 0.232. The molecule has 0 saturated carbocycles. The van der Waals surface area contributed by atoms with Crippen molar-refractivity contribution in [1.82, 2.24) is 4.57 Å². The predicted octanol–water partition coefficient (Wildman–Crippen LogP) is 4.49. The summed E-state index contributed by atoms with van der Waals surface area (Å²) in [6.45, 7) is 3.20. The van der Waals surface area contributed by atoms with E-state index >= 15 is 0 Å². The van der Waals surface area contributed by atoms with Crippen molar-refractivity contribution in [3.63, 3.8) is 0 Å². The van der Waals surface area contributed by atoms with Crippen LogP contribution in [0, 0.1) is 25.2 Å². The van der Waals surface area contributed by atoms with Gasteiger partial charge in [-0.25, -0.2) is 4.79 Å². The molecule has 0 aliphatic rings. The van der Waals surface area contributed by atoms with Crippen LogP contribution in [0.2, 0.25) is 0 Å². The van der Waals surface area contributed by atoms with Gasteiger partial charge in [0.05, 0.1) is 12.7 Å². The minimum Gasteiger partial charge on any atom is -0.496 e. The fourth-order valence-electron chi connectivity index (χ4n) is 3.30. The number of nitrogens with one attached hydrogen (secondary N) is 1. The van der Waals surface area contributed by atoms with Crippen molar-refractivity contribution >= 4 is 29.5 Å². The first-order chi connectivity index (χ1) is 15.4. The molecule has 0 aliphatic heterocycles. The van der Waals surface area contributed by atoms with Gasteiger partial charge in [-0.15, -0.1) is 11.8 Å². The highest BCUT2D eigenvalue weighted by atomic mass is 32.2. The summed E-state index contributed by atoms with van der Waals surface area (Å²) < 4.78 is 12.3. The monoisotopic (exact) mass is 449 g/mol. The van der Waals surface area contributed by atoms with Crippen molar-refractivity contribution in [2.45, 2.75) is 18.7 Å². The molecule has 0 atom stereocenters. The Morgan fingerprint density at radius 1 is 1.16 bits per heavy atom. The molecule has 32 heavy (non-hydrogen) atoms. The number of carbonyl (C=O) groups excluding carboxylic acids is 2. The lowest BCUT2D eigenvalue weighted by atomic mass is 10.2. The van der Waals surface area contributed by atoms with Crippen molar-refractivity contribution in [2.75, 3.05) is 25.3 Å². The largest absolute Gasteiger partial charge is 0.496 e. The minimum atomic E-state index is -0.670. The van der Waals surface area contributed by atoms with Crippen molar-refractivity contribution < 1.29 is 19.1 Å². The summed E-state index contributed by atoms with van der Waals surface area (Å²) in [6.07, 6.45) is 1.92. The maximum Gasteiger partial charge on any atom is 0.342 e. The van der Waals surface area contributed by atoms with E-state index in [4.69, 9.17) is 9.47 Å². The number of ether oxygens (including phenoxy) is 2. The summed E-state index contributed by atoms with van der Waals surface area (Å²) in [5.74, 6) is -0.505. The molecule has 7 nitrogen and oxygen atoms in total. The lowest BCUT2D eigenvalue weighted by molar-refractivity contribution is -0.119. The summed E-state index contributed by atoms with van der Waals surface area (Å²) in [7, 11) is 1.47. The van der Waals surface area contributed by atoms with E-state index in [1.807, 2.05) is 50.4 Å². The van der Waals surface area contributed by atoms with Gasteiger partial charge in [-0.3, -0.25) is 9.36 Å². The SMILES string of the molecule is COc1cc(SC)ccc1C(=O)OCC(=O)Nc1c(C#N)c(C)c(C)n1-c1ccccc1. The topological polar surface area (TPSA) is 93.3 Å². The molecule has 164 valence electrons. The highest BCUT2D eigenvalue weighted by Gasteiger charge is 2.22. The van der Waals surface area contributed by atoms with Crippen LogP contribution >= 0.6 is 11.8 Å². The molecular weight excluding hydrogens is 426 g/mol. The van der Waals surface area contributed by atoms with E-state index in [9.17, 15) is 14.9 Å². The molecule has 3 rings (SSSR count). The van der Waals surface area contributed by atoms with Crippen LogP contribution in [0.1, 0.15) is 27.2 Å². The van der Waals surface area contributed by atoms with Crippen molar-refractivity contribution in [1.29, 1.82) is 5.26 Å². The van der Waals surface area contributed by atoms with Crippen molar-refractivity contribution in [3.8, 4) is 17.5 Å². The molecule has 8 heteroatoms. The van der Waals surface area contributed by atoms with E-state index in [1.165, 1.54) is 18.9 Å². The molecule has 3 aromatic rings. The van der Waals surface area contributed by atoms with E-state index in [0.717, 1.165) is 21.8 Å². The summed E-state index contributed by atoms with van der Waals surface area (Å²) in [5, 5.41) is 12.4. The van der Waals surface area contributed by atoms with E-state index in [1.54, 1.807) is 22.8 Å². The second-order valence-electron chi connectivity index (χ2n) is 6.91. The number of nitriles is 1. The van der Waals surface area contributed by atoms with Gasteiger partial charge in [0.2, 0.25) is 0 Å². The Hall–Kier alpha value is -3.70. The van der Waals surface area contributed by atoms with Gasteiger partial charge < -0.3 is 14.8 Å². The predicted molar refractivity (Wildman–Crippen MR) is 124 cm³/mol. The third-order valence-electron chi connectivity index (χ3n) is 5.06. The fraction of sp³-hybridized carbons (Fsp3) is 0.208. The molecule has 1 amide bonds. The standard InChI is InChI=1S/C24H23N3O4S/c1-15-16(2)27(17-8-6-5-7-9-17)23(20(15)13-25)26-22(28)14-31-24(29)19-11-10-18(32-4)12-21(19)30-3/h5-12H,14H2,1-4H3,(H,26,28). The number of anilines is 1. The number of benzene rings is 2. The number of hydrogen-bond acceptors (Lipinski definition) is 6. The molecule has 0 radical (unpaired) electrons. The van der Waals surface area contributed by atoms with Gasteiger partial charge in [-0.1, -0.05) is 18.2 Å². The molecule has 1 N–H and O–H groups in total. The van der Waals surface area contributed by atoms with E-state index in [2.05, 4.69) is 11.4 Å². The third-order valence-corrected chi connectivity index (χ3v) is 5.79. The average Bonchev–Trinajstić information content (AvgIpc) is 3.06. The Bertz CT molecular complexity index is 1200. The van der Waals surface area contributed by atoms with E-state index in [-0.39, 0.29) is 5.56 Å². The maximum atomic E-state index is 12.6. The second-order valence-corrected chi connectivity index (χ2v) is 7.79. The lowest BCUT2D eigenvalue weighted by Crippen LogP contribution is -2.23. The molecule has 2 aromatic carbocycles. The normalized spacial score (nSPS) is 10.3. The summed E-state index contributed by atoms with van der Waals surface area (Å²) in [5.41, 5.74) is 3.00. The van der Waals surface area contributed by atoms with Gasteiger partial charge in [0.15, 0.2) is 6.61 Å². The van der Waals surface area contributed by atoms with Gasteiger partial charge in [-0.2, -0.15) is 5.26 Å². The van der Waals surface area contributed by atoms with Gasteiger partial charge >= 0.3 is 5.97 Å². The molecular formula is C24H23N3O4S. The molecule has 1 heterocycles. The van der Waals surface area contributed by atoms with Crippen LogP contribution in [0.25, 0.3) is 5.69 Å². The number of rotatable bonds is 7. The van der Waals surface area contributed by atoms with Crippen LogP contribution in [0.3, 0.4) is 0 Å². The lowest BCUT2D eigenvalue weighted by Gasteiger charge is -2.14. The Balaban J connectivity index is 1.80. The number of esters is 1. The van der Waals surface area contributed by atoms with Gasteiger partial charge in [0.1, 0.15) is 23.2 Å². The zero-order valence-corrected chi connectivity index (χ0v) is 19.1. The number of para-hydroxylation sites is 1. The van der Waals surface area contributed by atoms with Gasteiger partial charge in [-0.05, 0) is 56.0 Å². The van der Waals surface area contributed by atoms with Crippen molar-refractivity contribution in [3.05, 3.63) is 70.9 Å². The number of nitrogens with zero attached hydrogens (tertiary/aromatic N) is 2. The van der Waals surface area contributed by atoms with Crippen LogP contribution in [0.15, 0.2) is 53.4 Å². The first-order valence-electron chi connectivity index (χ1n) is 9.77. The number of aromatic nitrogens is 1. The number of methoxy groups -OCH3 is 1. The zero-order valence-electron chi connectivity index (χ0n) is 18.3. The smallest absolute Gasteiger partial charge is 0.342 e. The first-order valence-corrected chi connectivity index (χ1v) is 11.0. The molecule has 0 fully saturated rings. The summed E-state index contributed by atoms with van der Waals surface area (Å²) in [4.78, 5) is 26.1. The Morgan fingerprint density at radius 2 is 1.88 bits per heavy atom. The van der Waals surface area contributed by atoms with Crippen LogP contribution in [-0.2, 0) is 9.53 Å². The van der Waals surface area contributed by atoms with Crippen LogP contribution in [0.5, 0.6) is 5.75 Å². The fourth-order valence-corrected chi connectivity index (χ4v) is 3.73. The molecule has 1 aromatic heterocycles. The highest BCUT2D eigenvalue weighted by Crippen LogP contribution is 2.30. The van der Waals surface area contributed by atoms with Gasteiger partial charge in [0, 0.05) is 16.3 Å². The first kappa shape index (κ1) is 23.0. The van der Waals surface area contributed by atoms with E-state index < -0.39 is 18.5 Å². The Kier molecular flexibility index (Phi) is 7.23. The molecule has 0 spiro atoms. The van der Waals surface area contributed by atoms with Gasteiger partial charge in [0.25, 0.3) is 5.91 Å². The van der Waals surface area contributed by atoms with Crippen LogP contribution in [0.4, 0.5) is 5.82 Å². The number of amides is 1. The summed E-state index contributed by atoms with van der Waals surface area (Å²) in [6, 6.07) is 16.7. The summed E-state index contributed by atoms with van der Waals surface area (Å²) >= 11 is 1.52. The average molecular weight is 450 g/mol. The van der Waals surface area contributed by atoms with Crippen LogP contribution in [-0.4, -0.2) is 36.4 Å². The number of thioether (sulfide) groups is 1. The molecule has 0 bridgehead atoms. The molecule has 0 aliphatic carbocycles. The quantitative estimate of drug-likeness (QED) is 0.422. The Morgan fingerprint density at radius 3 is 2.50 bits per heavy atom. The number of hydrogen-bond donors (Lipinski definition) is 1. The second kappa shape index (κ2) is 10.1. The molecule has 0 unspecified atom stereocenters. The van der Waals surface area contributed by atoms with Crippen molar-refractivity contribution in [2.24, 2.45) is 0 Å². The third kappa shape index (κ3) is 4.63. The maximum absolute atomic E-state index is 12.6.